The third-order valence-electron chi connectivity index (χ3n) is 4.37. The quantitative estimate of drug-likeness (QED) is 0.740. The molecule has 22 heavy (non-hydrogen) atoms. The Morgan fingerprint density at radius 2 is 1.68 bits per heavy atom. The number of aromatic nitrogens is 3. The Balaban J connectivity index is 2.19. The fourth-order valence-corrected chi connectivity index (χ4v) is 3.23. The van der Waals surface area contributed by atoms with Gasteiger partial charge in [0.1, 0.15) is 5.52 Å². The molecule has 1 aliphatic heterocycles. The second-order valence-electron chi connectivity index (χ2n) is 5.77. The van der Waals surface area contributed by atoms with E-state index in [1.165, 1.54) is 0 Å². The van der Waals surface area contributed by atoms with E-state index in [-0.39, 0.29) is 29.6 Å². The molecule has 3 heterocycles. The van der Waals surface area contributed by atoms with E-state index in [2.05, 4.69) is 47.5 Å². The summed E-state index contributed by atoms with van der Waals surface area (Å²) in [6, 6.07) is 2.06. The molecule has 0 amide bonds. The van der Waals surface area contributed by atoms with Crippen molar-refractivity contribution in [1.82, 2.24) is 15.0 Å². The summed E-state index contributed by atoms with van der Waals surface area (Å²) in [5.41, 5.74) is 1.35. The normalized spacial score (nSPS) is 29.1. The third-order valence-corrected chi connectivity index (χ3v) is 4.74. The maximum Gasteiger partial charge on any atom is 0.225 e. The fraction of sp³-hybridized carbons (Fsp3) is 0.533. The largest absolute Gasteiger partial charge is 0.371 e. The minimum atomic E-state index is 0.0855. The highest BCUT2D eigenvalue weighted by Crippen LogP contribution is 2.33. The van der Waals surface area contributed by atoms with Crippen LogP contribution in [0.5, 0.6) is 0 Å². The van der Waals surface area contributed by atoms with Crippen LogP contribution in [0, 0.1) is 0 Å². The van der Waals surface area contributed by atoms with Gasteiger partial charge in [0.15, 0.2) is 5.82 Å². The van der Waals surface area contributed by atoms with E-state index >= 15 is 0 Å². The molecule has 0 spiro atoms. The van der Waals surface area contributed by atoms with E-state index in [1.807, 2.05) is 0 Å². The number of nitrogens with zero attached hydrogens (tertiary/aromatic N) is 4. The molecule has 0 N–H and O–H groups in total. The Morgan fingerprint density at radius 3 is 2.32 bits per heavy atom. The van der Waals surface area contributed by atoms with E-state index < -0.39 is 0 Å². The molecule has 2 aromatic heterocycles. The van der Waals surface area contributed by atoms with Gasteiger partial charge in [-0.05, 0) is 45.4 Å². The van der Waals surface area contributed by atoms with Gasteiger partial charge in [0.2, 0.25) is 5.28 Å². The molecule has 1 saturated heterocycles. The lowest BCUT2D eigenvalue weighted by atomic mass is 10.0. The number of pyridine rings is 1. The van der Waals surface area contributed by atoms with Crippen LogP contribution in [0.2, 0.25) is 10.3 Å². The Hall–Kier alpha value is -1.17. The first-order valence-corrected chi connectivity index (χ1v) is 8.06. The zero-order valence-corrected chi connectivity index (χ0v) is 14.4. The van der Waals surface area contributed by atoms with Gasteiger partial charge >= 0.3 is 0 Å². The lowest BCUT2D eigenvalue weighted by Gasteiger charge is -2.46. The van der Waals surface area contributed by atoms with E-state index in [0.29, 0.717) is 16.1 Å². The number of hydrogen-bond acceptors (Lipinski definition) is 5. The Labute approximate surface area is 139 Å². The van der Waals surface area contributed by atoms with Gasteiger partial charge in [-0.1, -0.05) is 11.6 Å². The van der Waals surface area contributed by atoms with Crippen LogP contribution >= 0.6 is 23.2 Å². The molecule has 0 aromatic carbocycles. The monoisotopic (exact) mass is 340 g/mol. The van der Waals surface area contributed by atoms with Crippen LogP contribution in [0.1, 0.15) is 27.7 Å². The van der Waals surface area contributed by atoms with Crippen molar-refractivity contribution in [1.29, 1.82) is 0 Å². The molecule has 0 bridgehead atoms. The summed E-state index contributed by atoms with van der Waals surface area (Å²) >= 11 is 12.1. The number of hydrogen-bond donors (Lipinski definition) is 0. The van der Waals surface area contributed by atoms with Gasteiger partial charge in [0.05, 0.1) is 34.8 Å². The van der Waals surface area contributed by atoms with Gasteiger partial charge in [-0.2, -0.15) is 4.98 Å². The van der Waals surface area contributed by atoms with Crippen molar-refractivity contribution >= 4 is 40.1 Å². The molecule has 118 valence electrons. The molecule has 0 radical (unpaired) electrons. The second kappa shape index (κ2) is 5.80. The van der Waals surface area contributed by atoms with Crippen molar-refractivity contribution in [2.45, 2.75) is 52.0 Å². The van der Waals surface area contributed by atoms with Crippen LogP contribution in [-0.2, 0) is 4.74 Å². The van der Waals surface area contributed by atoms with Crippen molar-refractivity contribution in [3.8, 4) is 0 Å². The van der Waals surface area contributed by atoms with Crippen molar-refractivity contribution in [2.24, 2.45) is 0 Å². The highest BCUT2D eigenvalue weighted by Gasteiger charge is 2.37. The van der Waals surface area contributed by atoms with Crippen LogP contribution < -0.4 is 4.90 Å². The maximum atomic E-state index is 6.11. The zero-order chi connectivity index (χ0) is 16.0. The molecular formula is C15H18Cl2N4O. The van der Waals surface area contributed by atoms with Crippen LogP contribution in [-0.4, -0.2) is 39.2 Å². The van der Waals surface area contributed by atoms with E-state index in [4.69, 9.17) is 27.9 Å². The number of halogens is 2. The predicted octanol–water partition coefficient (Wildman–Crippen LogP) is 3.72. The number of fused-ring (bicyclic) bond motifs is 1. The molecule has 2 aromatic rings. The van der Waals surface area contributed by atoms with Crippen LogP contribution in [0.15, 0.2) is 12.3 Å². The average molecular weight is 341 g/mol. The smallest absolute Gasteiger partial charge is 0.225 e. The van der Waals surface area contributed by atoms with E-state index in [9.17, 15) is 0 Å². The highest BCUT2D eigenvalue weighted by atomic mass is 35.5. The Kier molecular flexibility index (Phi) is 4.14. The fourth-order valence-electron chi connectivity index (χ4n) is 2.91. The number of ether oxygens (including phenoxy) is 1. The van der Waals surface area contributed by atoms with Gasteiger partial charge in [0, 0.05) is 6.20 Å². The molecular weight excluding hydrogens is 323 g/mol. The molecule has 5 nitrogen and oxygen atoms in total. The van der Waals surface area contributed by atoms with E-state index in [1.54, 1.807) is 12.3 Å². The molecule has 0 saturated carbocycles. The standard InChI is InChI=1S/C15H18Cl2N4O/c1-7-9(3)22-10(4)8(2)21(7)14-13-12(19-15(17)20-14)5-11(16)6-18-13/h5-10H,1-4H3. The third kappa shape index (κ3) is 2.62. The summed E-state index contributed by atoms with van der Waals surface area (Å²) in [6.07, 6.45) is 1.78. The number of anilines is 1. The first-order chi connectivity index (χ1) is 10.4. The molecule has 4 atom stereocenters. The topological polar surface area (TPSA) is 51.1 Å². The molecule has 4 unspecified atom stereocenters. The molecule has 1 fully saturated rings. The van der Waals surface area contributed by atoms with Crippen molar-refractivity contribution in [3.05, 3.63) is 22.6 Å². The molecule has 3 rings (SSSR count). The van der Waals surface area contributed by atoms with Gasteiger partial charge in [0.25, 0.3) is 0 Å². The summed E-state index contributed by atoms with van der Waals surface area (Å²) in [5, 5.41) is 0.718. The van der Waals surface area contributed by atoms with Crippen LogP contribution in [0.25, 0.3) is 11.0 Å². The van der Waals surface area contributed by atoms with Gasteiger partial charge < -0.3 is 9.64 Å². The first kappa shape index (κ1) is 15.7. The van der Waals surface area contributed by atoms with Crippen LogP contribution in [0.4, 0.5) is 5.82 Å². The number of rotatable bonds is 1. The minimum absolute atomic E-state index is 0.0855. The van der Waals surface area contributed by atoms with Gasteiger partial charge in [-0.25, -0.2) is 9.97 Å². The summed E-state index contributed by atoms with van der Waals surface area (Å²) in [5.74, 6) is 0.730. The summed E-state index contributed by atoms with van der Waals surface area (Å²) in [6.45, 7) is 8.36. The lowest BCUT2D eigenvalue weighted by Crippen LogP contribution is -2.57. The second-order valence-corrected chi connectivity index (χ2v) is 6.55. The molecule has 7 heteroatoms. The highest BCUT2D eigenvalue weighted by molar-refractivity contribution is 6.31. The molecule has 1 aliphatic rings. The maximum absolute atomic E-state index is 6.11. The Morgan fingerprint density at radius 1 is 1.05 bits per heavy atom. The SMILES string of the molecule is CC1OC(C)C(C)N(c2nc(Cl)nc3cc(Cl)cnc23)C1C. The summed E-state index contributed by atoms with van der Waals surface area (Å²) in [4.78, 5) is 15.3. The summed E-state index contributed by atoms with van der Waals surface area (Å²) < 4.78 is 5.96. The average Bonchev–Trinajstić information content (AvgIpc) is 2.44. The van der Waals surface area contributed by atoms with Crippen molar-refractivity contribution < 1.29 is 4.74 Å². The molecule has 0 aliphatic carbocycles. The van der Waals surface area contributed by atoms with Gasteiger partial charge in [-0.3, -0.25) is 0 Å². The minimum Gasteiger partial charge on any atom is -0.371 e. The zero-order valence-electron chi connectivity index (χ0n) is 12.9. The summed E-state index contributed by atoms with van der Waals surface area (Å²) in [7, 11) is 0. The van der Waals surface area contributed by atoms with Crippen LogP contribution in [0.3, 0.4) is 0 Å². The van der Waals surface area contributed by atoms with E-state index in [0.717, 1.165) is 5.82 Å². The lowest BCUT2D eigenvalue weighted by molar-refractivity contribution is -0.0461. The van der Waals surface area contributed by atoms with Crippen molar-refractivity contribution in [3.63, 3.8) is 0 Å². The first-order valence-electron chi connectivity index (χ1n) is 7.31. The number of morpholine rings is 1. The Bertz CT molecular complexity index is 692. The van der Waals surface area contributed by atoms with Crippen molar-refractivity contribution in [2.75, 3.05) is 4.90 Å². The van der Waals surface area contributed by atoms with Gasteiger partial charge in [-0.15, -0.1) is 0 Å². The predicted molar refractivity (Wildman–Crippen MR) is 88.8 cm³/mol.